The molecule has 0 spiro atoms. The van der Waals surface area contributed by atoms with Crippen molar-refractivity contribution in [3.63, 3.8) is 0 Å². The number of hydrogen-bond donors (Lipinski definition) is 2. The van der Waals surface area contributed by atoms with Gasteiger partial charge < -0.3 is 15.0 Å². The quantitative estimate of drug-likeness (QED) is 0.0775. The largest absolute Gasteiger partial charge is 0.423 e. The fourth-order valence-corrected chi connectivity index (χ4v) is 5.42. The molecular weight excluding hydrogens is 638 g/mol. The van der Waals surface area contributed by atoms with E-state index in [0.717, 1.165) is 17.8 Å². The van der Waals surface area contributed by atoms with E-state index in [2.05, 4.69) is 45.5 Å². The van der Waals surface area contributed by atoms with Crippen LogP contribution < -0.4 is 21.3 Å². The molecule has 1 amide bonds. The van der Waals surface area contributed by atoms with Crippen molar-refractivity contribution in [2.24, 2.45) is 0 Å². The van der Waals surface area contributed by atoms with Gasteiger partial charge in [-0.25, -0.2) is 24.5 Å². The Hall–Kier alpha value is -4.15. The number of hydroxylamine groups is 1. The molecule has 0 aliphatic carbocycles. The van der Waals surface area contributed by atoms with Gasteiger partial charge in [0.15, 0.2) is 0 Å². The van der Waals surface area contributed by atoms with Crippen molar-refractivity contribution >= 4 is 25.6 Å². The Kier molecular flexibility index (Phi) is 11.9. The lowest BCUT2D eigenvalue weighted by Crippen LogP contribution is -2.35. The maximum Gasteiger partial charge on any atom is 0.423 e. The van der Waals surface area contributed by atoms with E-state index in [1.54, 1.807) is 37.5 Å². The number of alkyl halides is 3. The lowest BCUT2D eigenvalue weighted by molar-refractivity contribution is -0.138. The second kappa shape index (κ2) is 15.6. The van der Waals surface area contributed by atoms with Crippen LogP contribution in [0, 0.1) is 5.82 Å². The molecule has 0 bridgehead atoms. The Labute approximate surface area is 271 Å². The van der Waals surface area contributed by atoms with Crippen LogP contribution >= 0.6 is 0 Å². The summed E-state index contributed by atoms with van der Waals surface area (Å²) in [6.45, 7) is 8.75. The summed E-state index contributed by atoms with van der Waals surface area (Å²) in [5.74, 6) is -0.287. The molecule has 1 aliphatic heterocycles. The normalized spacial score (nSPS) is 14.5. The van der Waals surface area contributed by atoms with E-state index in [9.17, 15) is 27.2 Å². The molecule has 0 fully saturated rings. The van der Waals surface area contributed by atoms with Crippen molar-refractivity contribution in [1.82, 2.24) is 25.2 Å². The summed E-state index contributed by atoms with van der Waals surface area (Å²) in [6.07, 6.45) is 1.68. The number of nitrogens with one attached hydrogen (secondary N) is 2. The van der Waals surface area contributed by atoms with Crippen molar-refractivity contribution in [3.8, 4) is 11.1 Å². The lowest BCUT2D eigenvalue weighted by atomic mass is 10.0. The number of benzene rings is 1. The third-order valence-corrected chi connectivity index (χ3v) is 8.96. The van der Waals surface area contributed by atoms with Crippen molar-refractivity contribution in [3.05, 3.63) is 76.2 Å². The number of halogens is 4. The molecule has 16 heteroatoms. The van der Waals surface area contributed by atoms with Crippen molar-refractivity contribution in [2.45, 2.75) is 64.4 Å². The molecule has 0 unspecified atom stereocenters. The van der Waals surface area contributed by atoms with Gasteiger partial charge in [-0.3, -0.25) is 14.4 Å². The predicted molar refractivity (Wildman–Crippen MR) is 172 cm³/mol. The predicted octanol–water partition coefficient (Wildman–Crippen LogP) is 5.25. The fraction of sp³-hybridized carbons (Fsp3) is 0.452. The highest BCUT2D eigenvalue weighted by molar-refractivity contribution is 6.76. The minimum absolute atomic E-state index is 0.0725. The molecule has 3 heterocycles. The Morgan fingerprint density at radius 3 is 2.49 bits per heavy atom. The smallest absolute Gasteiger partial charge is 0.378 e. The number of carbonyl (C=O) groups excluding carboxylic acids is 1. The number of anilines is 2. The van der Waals surface area contributed by atoms with Crippen LogP contribution in [0.5, 0.6) is 0 Å². The van der Waals surface area contributed by atoms with Crippen molar-refractivity contribution in [1.29, 1.82) is 0 Å². The molecular formula is C31H39F4N7O4Si. The molecule has 1 aliphatic rings. The van der Waals surface area contributed by atoms with E-state index in [0.29, 0.717) is 47.9 Å². The van der Waals surface area contributed by atoms with Gasteiger partial charge >= 0.3 is 6.18 Å². The Balaban J connectivity index is 1.23. The van der Waals surface area contributed by atoms with Gasteiger partial charge in [0.05, 0.1) is 18.5 Å². The Morgan fingerprint density at radius 1 is 1.13 bits per heavy atom. The van der Waals surface area contributed by atoms with Gasteiger partial charge in [0, 0.05) is 63.8 Å². The monoisotopic (exact) mass is 677 g/mol. The van der Waals surface area contributed by atoms with E-state index < -0.39 is 43.0 Å². The third kappa shape index (κ3) is 10.4. The Bertz CT molecular complexity index is 1610. The molecule has 254 valence electrons. The van der Waals surface area contributed by atoms with Gasteiger partial charge in [-0.1, -0.05) is 49.5 Å². The highest BCUT2D eigenvalue weighted by atomic mass is 28.3. The van der Waals surface area contributed by atoms with Gasteiger partial charge in [-0.15, -0.1) is 0 Å². The molecule has 0 radical (unpaired) electrons. The first-order valence-electron chi connectivity index (χ1n) is 15.1. The summed E-state index contributed by atoms with van der Waals surface area (Å²) in [7, 11) is -1.41. The molecule has 0 saturated carbocycles. The first-order valence-corrected chi connectivity index (χ1v) is 18.8. The molecule has 11 nitrogen and oxygen atoms in total. The average Bonchev–Trinajstić information content (AvgIpc) is 3.00. The maximum atomic E-state index is 14.1. The number of nitrogens with zero attached hydrogens (tertiary/aromatic N) is 5. The third-order valence-electron chi connectivity index (χ3n) is 7.26. The summed E-state index contributed by atoms with van der Waals surface area (Å²) in [5, 5.41) is 6.45. The van der Waals surface area contributed by atoms with Crippen LogP contribution in [0.15, 0.2) is 59.3 Å². The summed E-state index contributed by atoms with van der Waals surface area (Å²) in [6, 6.07) is 6.47. The topological polar surface area (TPSA) is 124 Å². The standard InChI is InChI=1S/C31H39F4N7O4Si/c1-21(39-26-18-38-42(20-45-13-14-47(2,3)4)29(44)28(26)31(33,34)35)19-46-40-27(43)15-22-9-11-41(12-10-22)30-36-16-23(17-37-30)24-7-5-6-8-25(24)32/h5-9,16-18,21,39H,10-15,19-20H2,1-4H3,(H,40,43)/t21-/m0/s1. The van der Waals surface area contributed by atoms with Gasteiger partial charge in [0.25, 0.3) is 5.56 Å². The van der Waals surface area contributed by atoms with Gasteiger partial charge in [0.2, 0.25) is 11.9 Å². The highest BCUT2D eigenvalue weighted by Crippen LogP contribution is 2.32. The van der Waals surface area contributed by atoms with Gasteiger partial charge in [-0.05, 0) is 25.5 Å². The second-order valence-corrected chi connectivity index (χ2v) is 18.1. The first kappa shape index (κ1) is 35.7. The number of ether oxygens (including phenoxy) is 1. The van der Waals surface area contributed by atoms with Gasteiger partial charge in [0.1, 0.15) is 18.1 Å². The molecule has 2 aromatic heterocycles. The highest BCUT2D eigenvalue weighted by Gasteiger charge is 2.38. The summed E-state index contributed by atoms with van der Waals surface area (Å²) in [5.41, 5.74) is 0.978. The van der Waals surface area contributed by atoms with Crippen molar-refractivity contribution < 1.29 is 31.9 Å². The lowest BCUT2D eigenvalue weighted by Gasteiger charge is -2.26. The minimum Gasteiger partial charge on any atom is -0.378 e. The van der Waals surface area contributed by atoms with E-state index in [-0.39, 0.29) is 25.6 Å². The zero-order valence-electron chi connectivity index (χ0n) is 26.7. The number of aromatic nitrogens is 4. The second-order valence-electron chi connectivity index (χ2n) is 12.5. The summed E-state index contributed by atoms with van der Waals surface area (Å²) >= 11 is 0. The molecule has 3 aromatic rings. The zero-order chi connectivity index (χ0) is 34.2. The van der Waals surface area contributed by atoms with Crippen LogP contribution in [0.4, 0.5) is 29.2 Å². The number of hydrogen-bond acceptors (Lipinski definition) is 9. The molecule has 1 aromatic carbocycles. The van der Waals surface area contributed by atoms with Crippen LogP contribution in [0.1, 0.15) is 25.3 Å². The molecule has 0 saturated heterocycles. The van der Waals surface area contributed by atoms with Crippen LogP contribution in [0.3, 0.4) is 0 Å². The average molecular weight is 678 g/mol. The van der Waals surface area contributed by atoms with Crippen LogP contribution in [0.2, 0.25) is 25.7 Å². The zero-order valence-corrected chi connectivity index (χ0v) is 27.7. The van der Waals surface area contributed by atoms with Gasteiger partial charge in [-0.2, -0.15) is 18.3 Å². The first-order chi connectivity index (χ1) is 22.2. The van der Waals surface area contributed by atoms with E-state index >= 15 is 0 Å². The molecule has 2 N–H and O–H groups in total. The molecule has 1 atom stereocenters. The summed E-state index contributed by atoms with van der Waals surface area (Å²) < 4.78 is 61.6. The molecule has 4 rings (SSSR count). The van der Waals surface area contributed by atoms with Crippen molar-refractivity contribution in [2.75, 3.05) is 36.5 Å². The number of rotatable bonds is 14. The summed E-state index contributed by atoms with van der Waals surface area (Å²) in [4.78, 5) is 41.0. The number of carbonyl (C=O) groups is 1. The minimum atomic E-state index is -4.93. The fourth-order valence-electron chi connectivity index (χ4n) is 4.66. The van der Waals surface area contributed by atoms with Crippen LogP contribution in [-0.4, -0.2) is 66.1 Å². The Morgan fingerprint density at radius 2 is 1.85 bits per heavy atom. The van der Waals surface area contributed by atoms with Crippen LogP contribution in [0.25, 0.3) is 11.1 Å². The molecule has 47 heavy (non-hydrogen) atoms. The van der Waals surface area contributed by atoms with E-state index in [1.165, 1.54) is 6.07 Å². The SMILES string of the molecule is C[C@@H](CONC(=O)CC1=CCN(c2ncc(-c3ccccc3F)cn2)CC1)Nc1cnn(COCC[Si](C)(C)C)c(=O)c1C(F)(F)F. The van der Waals surface area contributed by atoms with E-state index in [1.807, 2.05) is 11.0 Å². The maximum absolute atomic E-state index is 14.1. The van der Waals surface area contributed by atoms with Crippen LogP contribution in [-0.2, 0) is 27.3 Å². The van der Waals surface area contributed by atoms with E-state index in [4.69, 9.17) is 9.57 Å². The number of amides is 1.